The van der Waals surface area contributed by atoms with Crippen molar-refractivity contribution in [1.82, 2.24) is 9.97 Å². The molecule has 2 unspecified atom stereocenters. The summed E-state index contributed by atoms with van der Waals surface area (Å²) in [5.41, 5.74) is 0.722. The van der Waals surface area contributed by atoms with E-state index in [9.17, 15) is 4.79 Å². The zero-order chi connectivity index (χ0) is 13.1. The molecule has 1 aliphatic rings. The fourth-order valence-electron chi connectivity index (χ4n) is 2.14. The number of amides is 1. The number of nitrogens with zero attached hydrogens (tertiary/aromatic N) is 2. The molecule has 1 aromatic rings. The quantitative estimate of drug-likeness (QED) is 0.855. The van der Waals surface area contributed by atoms with Crippen LogP contribution in [-0.4, -0.2) is 28.6 Å². The number of carbonyl (C=O) groups is 1. The van der Waals surface area contributed by atoms with Gasteiger partial charge in [-0.1, -0.05) is 18.5 Å². The molecule has 1 aliphatic heterocycles. The fourth-order valence-corrected chi connectivity index (χ4v) is 2.38. The number of hydrogen-bond acceptors (Lipinski definition) is 4. The van der Waals surface area contributed by atoms with Gasteiger partial charge in [0.25, 0.3) is 0 Å². The molecule has 1 amide bonds. The molecule has 6 heteroatoms. The van der Waals surface area contributed by atoms with Crippen LogP contribution in [0.4, 0.5) is 5.95 Å². The number of hydrogen-bond donors (Lipinski definition) is 1. The molecule has 1 N–H and O–H groups in total. The number of aromatic nitrogens is 2. The van der Waals surface area contributed by atoms with E-state index in [1.165, 1.54) is 0 Å². The van der Waals surface area contributed by atoms with E-state index >= 15 is 0 Å². The first-order valence-corrected chi connectivity index (χ1v) is 6.41. The van der Waals surface area contributed by atoms with E-state index in [-0.39, 0.29) is 23.9 Å². The van der Waals surface area contributed by atoms with Crippen molar-refractivity contribution < 1.29 is 9.53 Å². The number of rotatable bonds is 3. The van der Waals surface area contributed by atoms with Gasteiger partial charge in [-0.15, -0.1) is 0 Å². The summed E-state index contributed by atoms with van der Waals surface area (Å²) < 4.78 is 5.49. The maximum Gasteiger partial charge on any atom is 0.232 e. The van der Waals surface area contributed by atoms with Gasteiger partial charge in [0, 0.05) is 12.3 Å². The monoisotopic (exact) mass is 269 g/mol. The lowest BCUT2D eigenvalue weighted by atomic mass is 9.99. The summed E-state index contributed by atoms with van der Waals surface area (Å²) >= 11 is 5.82. The molecule has 0 spiro atoms. The van der Waals surface area contributed by atoms with Gasteiger partial charge in [0.15, 0.2) is 0 Å². The number of anilines is 1. The molecular formula is C12H16ClN3O2. The lowest BCUT2D eigenvalue weighted by Crippen LogP contribution is -2.29. The molecule has 2 rings (SSSR count). The smallest absolute Gasteiger partial charge is 0.232 e. The van der Waals surface area contributed by atoms with Gasteiger partial charge in [-0.3, -0.25) is 10.1 Å². The van der Waals surface area contributed by atoms with Crippen molar-refractivity contribution in [3.05, 3.63) is 16.9 Å². The number of carbonyl (C=O) groups excluding carboxylic acids is 1. The zero-order valence-corrected chi connectivity index (χ0v) is 11.2. The van der Waals surface area contributed by atoms with Crippen molar-refractivity contribution in [2.75, 3.05) is 11.9 Å². The van der Waals surface area contributed by atoms with Gasteiger partial charge in [0.2, 0.25) is 11.9 Å². The largest absolute Gasteiger partial charge is 0.377 e. The Bertz CT molecular complexity index is 433. The van der Waals surface area contributed by atoms with Crippen LogP contribution in [0, 0.1) is 12.8 Å². The van der Waals surface area contributed by atoms with Gasteiger partial charge in [-0.05, 0) is 25.8 Å². The molecule has 1 aromatic heterocycles. The molecule has 0 radical (unpaired) electrons. The lowest BCUT2D eigenvalue weighted by Gasteiger charge is -2.15. The second-order valence-corrected chi connectivity index (χ2v) is 4.74. The normalized spacial score (nSPS) is 23.1. The summed E-state index contributed by atoms with van der Waals surface area (Å²) in [5.74, 6) is 0.0330. The second kappa shape index (κ2) is 5.63. The van der Waals surface area contributed by atoms with Crippen LogP contribution < -0.4 is 5.32 Å². The molecule has 0 aliphatic carbocycles. The van der Waals surface area contributed by atoms with Crippen molar-refractivity contribution in [2.24, 2.45) is 5.92 Å². The first kappa shape index (κ1) is 13.2. The van der Waals surface area contributed by atoms with E-state index in [2.05, 4.69) is 15.3 Å². The highest BCUT2D eigenvalue weighted by Gasteiger charge is 2.33. The molecule has 1 fully saturated rings. The third-order valence-corrected chi connectivity index (χ3v) is 3.20. The van der Waals surface area contributed by atoms with Crippen LogP contribution in [0.1, 0.15) is 25.5 Å². The lowest BCUT2D eigenvalue weighted by molar-refractivity contribution is -0.121. The van der Waals surface area contributed by atoms with E-state index < -0.39 is 0 Å². The van der Waals surface area contributed by atoms with Crippen molar-refractivity contribution in [3.63, 3.8) is 0 Å². The average molecular weight is 270 g/mol. The molecule has 2 heterocycles. The number of aryl methyl sites for hydroxylation is 1. The van der Waals surface area contributed by atoms with Crippen molar-refractivity contribution in [3.8, 4) is 0 Å². The first-order chi connectivity index (χ1) is 8.60. The SMILES string of the molecule is CCC1OCCC1C(=O)Nc1nc(C)cc(Cl)n1. The van der Waals surface area contributed by atoms with Crippen LogP contribution in [0.5, 0.6) is 0 Å². The van der Waals surface area contributed by atoms with Gasteiger partial charge in [-0.2, -0.15) is 0 Å². The molecule has 18 heavy (non-hydrogen) atoms. The molecule has 0 bridgehead atoms. The van der Waals surface area contributed by atoms with Crippen molar-refractivity contribution in [2.45, 2.75) is 32.8 Å². The van der Waals surface area contributed by atoms with Gasteiger partial charge in [-0.25, -0.2) is 9.97 Å². The Hall–Kier alpha value is -1.20. The van der Waals surface area contributed by atoms with Crippen LogP contribution in [0.3, 0.4) is 0 Å². The fraction of sp³-hybridized carbons (Fsp3) is 0.583. The predicted octanol–water partition coefficient (Wildman–Crippen LogP) is 2.19. The second-order valence-electron chi connectivity index (χ2n) is 4.36. The highest BCUT2D eigenvalue weighted by atomic mass is 35.5. The highest BCUT2D eigenvalue weighted by molar-refractivity contribution is 6.29. The van der Waals surface area contributed by atoms with Gasteiger partial charge in [0.1, 0.15) is 5.15 Å². The standard InChI is InChI=1S/C12H16ClN3O2/c1-3-9-8(4-5-18-9)11(17)16-12-14-7(2)6-10(13)15-12/h6,8-9H,3-5H2,1-2H3,(H,14,15,16,17). The molecule has 5 nitrogen and oxygen atoms in total. The Morgan fingerprint density at radius 3 is 3.06 bits per heavy atom. The summed E-state index contributed by atoms with van der Waals surface area (Å²) in [6, 6.07) is 1.64. The number of nitrogens with one attached hydrogen (secondary N) is 1. The summed E-state index contributed by atoms with van der Waals surface area (Å²) in [6.07, 6.45) is 1.56. The highest BCUT2D eigenvalue weighted by Crippen LogP contribution is 2.24. The van der Waals surface area contributed by atoms with E-state index in [4.69, 9.17) is 16.3 Å². The van der Waals surface area contributed by atoms with E-state index in [0.717, 1.165) is 18.5 Å². The Morgan fingerprint density at radius 2 is 2.39 bits per heavy atom. The van der Waals surface area contributed by atoms with Crippen LogP contribution in [0.2, 0.25) is 5.15 Å². The average Bonchev–Trinajstić information content (AvgIpc) is 2.75. The molecular weight excluding hydrogens is 254 g/mol. The minimum absolute atomic E-state index is 0.00900. The van der Waals surface area contributed by atoms with Crippen LogP contribution >= 0.6 is 11.6 Å². The Labute approximate surface area is 111 Å². The van der Waals surface area contributed by atoms with Crippen LogP contribution in [-0.2, 0) is 9.53 Å². The van der Waals surface area contributed by atoms with E-state index in [1.54, 1.807) is 13.0 Å². The van der Waals surface area contributed by atoms with Crippen molar-refractivity contribution in [1.29, 1.82) is 0 Å². The Kier molecular flexibility index (Phi) is 4.14. The molecule has 2 atom stereocenters. The Morgan fingerprint density at radius 1 is 1.61 bits per heavy atom. The van der Waals surface area contributed by atoms with Gasteiger partial charge < -0.3 is 4.74 Å². The Balaban J connectivity index is 2.06. The van der Waals surface area contributed by atoms with Crippen LogP contribution in [0.15, 0.2) is 6.07 Å². The van der Waals surface area contributed by atoms with Crippen molar-refractivity contribution >= 4 is 23.5 Å². The molecule has 0 aromatic carbocycles. The van der Waals surface area contributed by atoms with Gasteiger partial charge in [0.05, 0.1) is 12.0 Å². The maximum atomic E-state index is 12.1. The summed E-state index contributed by atoms with van der Waals surface area (Å²) in [4.78, 5) is 20.2. The van der Waals surface area contributed by atoms with Gasteiger partial charge >= 0.3 is 0 Å². The number of ether oxygens (including phenoxy) is 1. The van der Waals surface area contributed by atoms with E-state index in [1.807, 2.05) is 6.92 Å². The molecule has 98 valence electrons. The number of halogens is 1. The van der Waals surface area contributed by atoms with Crippen LogP contribution in [0.25, 0.3) is 0 Å². The summed E-state index contributed by atoms with van der Waals surface area (Å²) in [5, 5.41) is 3.03. The predicted molar refractivity (Wildman–Crippen MR) is 68.5 cm³/mol. The minimum Gasteiger partial charge on any atom is -0.377 e. The minimum atomic E-state index is -0.127. The molecule has 1 saturated heterocycles. The molecule has 0 saturated carbocycles. The zero-order valence-electron chi connectivity index (χ0n) is 10.4. The third kappa shape index (κ3) is 2.97. The topological polar surface area (TPSA) is 64.1 Å². The third-order valence-electron chi connectivity index (χ3n) is 3.01. The maximum absolute atomic E-state index is 12.1. The van der Waals surface area contributed by atoms with E-state index in [0.29, 0.717) is 11.8 Å². The first-order valence-electron chi connectivity index (χ1n) is 6.03. The summed E-state index contributed by atoms with van der Waals surface area (Å²) in [6.45, 7) is 4.44. The summed E-state index contributed by atoms with van der Waals surface area (Å²) in [7, 11) is 0.